The second-order valence-electron chi connectivity index (χ2n) is 11.9. The van der Waals surface area contributed by atoms with Gasteiger partial charge in [0.15, 0.2) is 30.0 Å². The number of hydrogen-bond donors (Lipinski definition) is 1. The first-order chi connectivity index (χ1) is 25.7. The highest BCUT2D eigenvalue weighted by Gasteiger charge is 2.73. The highest BCUT2D eigenvalue weighted by molar-refractivity contribution is 7.92. The number of aromatic nitrogens is 5. The van der Waals surface area contributed by atoms with Crippen molar-refractivity contribution in [3.63, 3.8) is 0 Å². The van der Waals surface area contributed by atoms with Crippen LogP contribution in [0.4, 0.5) is 50.1 Å². The molecule has 1 unspecified atom stereocenters. The molecule has 25 heteroatoms. The van der Waals surface area contributed by atoms with Crippen LogP contribution in [0.15, 0.2) is 47.3 Å². The van der Waals surface area contributed by atoms with Crippen LogP contribution in [0.1, 0.15) is 24.4 Å². The molecule has 0 bridgehead atoms. The second kappa shape index (κ2) is 14.5. The molecule has 56 heavy (non-hydrogen) atoms. The predicted molar refractivity (Wildman–Crippen MR) is 177 cm³/mol. The van der Waals surface area contributed by atoms with Crippen molar-refractivity contribution in [2.24, 2.45) is 12.8 Å². The number of nitrogens with zero attached hydrogens (tertiary/aromatic N) is 6. The van der Waals surface area contributed by atoms with Crippen molar-refractivity contribution < 1.29 is 67.0 Å². The number of carbonyl (C=O) groups is 2. The number of amides is 2. The molecule has 5 aromatic rings. The number of benzene rings is 2. The highest BCUT2D eigenvalue weighted by Crippen LogP contribution is 2.46. The molecule has 0 radical (unpaired) electrons. The van der Waals surface area contributed by atoms with Gasteiger partial charge in [-0.15, -0.1) is 0 Å². The van der Waals surface area contributed by atoms with Crippen LogP contribution in [-0.2, 0) is 33.0 Å². The Morgan fingerprint density at radius 1 is 1.00 bits per heavy atom. The van der Waals surface area contributed by atoms with E-state index in [1.54, 1.807) is 0 Å². The lowest BCUT2D eigenvalue weighted by Crippen LogP contribution is -2.54. The van der Waals surface area contributed by atoms with E-state index in [0.29, 0.717) is 27.3 Å². The van der Waals surface area contributed by atoms with E-state index in [2.05, 4.69) is 19.8 Å². The SMILES string of the molecule is CC(=O)N(c1nn(C)c2c(-n3c(C(Cc4cc(F)cc(F)c4)OC(N)=O)nc4nc(OCC(F)(F)C(F)(F)C(F)(F)F)ccc4c3=O)ccc(Cl)c12)S(C)(=O)=O. The van der Waals surface area contributed by atoms with Crippen molar-refractivity contribution in [1.29, 1.82) is 0 Å². The van der Waals surface area contributed by atoms with Crippen LogP contribution in [0, 0.1) is 11.6 Å². The zero-order valence-electron chi connectivity index (χ0n) is 28.3. The maximum Gasteiger partial charge on any atom is 0.460 e. The summed E-state index contributed by atoms with van der Waals surface area (Å²) in [5, 5.41) is 3.16. The number of aryl methyl sites for hydroxylation is 1. The minimum Gasteiger partial charge on any atom is -0.471 e. The molecule has 0 fully saturated rings. The predicted octanol–water partition coefficient (Wildman–Crippen LogP) is 5.50. The number of carbonyl (C=O) groups excluding carboxylic acids is 2. The maximum atomic E-state index is 14.4. The molecule has 2 amide bonds. The number of halogens is 10. The van der Waals surface area contributed by atoms with Gasteiger partial charge in [0.2, 0.25) is 21.8 Å². The molecule has 3 heterocycles. The summed E-state index contributed by atoms with van der Waals surface area (Å²) in [5.74, 6) is -17.8. The number of hydrogen-bond acceptors (Lipinski definition) is 10. The van der Waals surface area contributed by atoms with Gasteiger partial charge in [0, 0.05) is 32.5 Å². The Bertz CT molecular complexity index is 2560. The van der Waals surface area contributed by atoms with Gasteiger partial charge in [0.25, 0.3) is 5.56 Å². The molecule has 1 atom stereocenters. The summed E-state index contributed by atoms with van der Waals surface area (Å²) in [6.07, 6.45) is -10.1. The number of primary amides is 1. The summed E-state index contributed by atoms with van der Waals surface area (Å²) in [7, 11) is -3.11. The third kappa shape index (κ3) is 7.74. The third-order valence-electron chi connectivity index (χ3n) is 7.79. The zero-order valence-corrected chi connectivity index (χ0v) is 29.9. The number of nitrogens with two attached hydrogens (primary N) is 1. The number of pyridine rings is 1. The van der Waals surface area contributed by atoms with Gasteiger partial charge in [-0.2, -0.15) is 45.1 Å². The normalized spacial score (nSPS) is 13.2. The summed E-state index contributed by atoms with van der Waals surface area (Å²) in [5.41, 5.74) is 2.67. The van der Waals surface area contributed by atoms with Crippen molar-refractivity contribution in [3.8, 4) is 11.6 Å². The van der Waals surface area contributed by atoms with Crippen LogP contribution >= 0.6 is 11.6 Å². The maximum absolute atomic E-state index is 14.4. The summed E-state index contributed by atoms with van der Waals surface area (Å²) in [4.78, 5) is 47.0. The second-order valence-corrected chi connectivity index (χ2v) is 14.1. The van der Waals surface area contributed by atoms with E-state index in [1.807, 2.05) is 0 Å². The Hall–Kier alpha value is -5.65. The summed E-state index contributed by atoms with van der Waals surface area (Å²) in [6.45, 7) is -1.65. The Labute approximate surface area is 312 Å². The Balaban J connectivity index is 1.81. The van der Waals surface area contributed by atoms with E-state index < -0.39 is 105 Å². The van der Waals surface area contributed by atoms with Gasteiger partial charge in [-0.25, -0.2) is 27.0 Å². The molecule has 0 saturated carbocycles. The van der Waals surface area contributed by atoms with E-state index in [0.717, 1.165) is 35.9 Å². The van der Waals surface area contributed by atoms with Crippen molar-refractivity contribution in [3.05, 3.63) is 80.9 Å². The molecule has 0 saturated heterocycles. The van der Waals surface area contributed by atoms with Crippen LogP contribution in [0.3, 0.4) is 0 Å². The molecule has 3 aromatic heterocycles. The van der Waals surface area contributed by atoms with Crippen LogP contribution in [0.2, 0.25) is 5.02 Å². The molecular formula is C31H23ClF9N7O7S. The van der Waals surface area contributed by atoms with Gasteiger partial charge >= 0.3 is 24.1 Å². The van der Waals surface area contributed by atoms with Crippen LogP contribution in [0.5, 0.6) is 5.88 Å². The van der Waals surface area contributed by atoms with Crippen molar-refractivity contribution >= 4 is 61.4 Å². The monoisotopic (exact) mass is 843 g/mol. The van der Waals surface area contributed by atoms with Gasteiger partial charge in [0.1, 0.15) is 11.6 Å². The zero-order chi connectivity index (χ0) is 41.9. The van der Waals surface area contributed by atoms with Gasteiger partial charge in [-0.3, -0.25) is 18.8 Å². The van der Waals surface area contributed by atoms with Crippen LogP contribution in [0.25, 0.3) is 27.6 Å². The fraction of sp³-hybridized carbons (Fsp3) is 0.290. The number of fused-ring (bicyclic) bond motifs is 2. The van der Waals surface area contributed by atoms with Gasteiger partial charge in [-0.05, 0) is 35.9 Å². The molecule has 0 aliphatic carbocycles. The smallest absolute Gasteiger partial charge is 0.460 e. The fourth-order valence-corrected chi connectivity index (χ4v) is 6.67. The number of anilines is 1. The van der Waals surface area contributed by atoms with E-state index in [4.69, 9.17) is 22.1 Å². The average molecular weight is 844 g/mol. The molecule has 300 valence electrons. The van der Waals surface area contributed by atoms with Crippen molar-refractivity contribution in [2.45, 2.75) is 37.5 Å². The third-order valence-corrected chi connectivity index (χ3v) is 9.20. The van der Waals surface area contributed by atoms with Crippen LogP contribution in [-0.4, -0.2) is 75.6 Å². The minimum absolute atomic E-state index is 0.178. The standard InChI is InChI=1S/C31H23ClF9N7O7S/c1-13(49)48(56(3,52)53)26-22-18(32)5-6-19(23(22)46(2)45-26)47-25(20(55-28(42)51)10-14-8-15(33)11-16(34)9-14)44-24-17(27(47)50)4-7-21(43-24)54-12-29(35,36)30(37,38)31(39,40)41/h4-9,11,20H,10,12H2,1-3H3,(H2,42,51). The minimum atomic E-state index is -6.67. The summed E-state index contributed by atoms with van der Waals surface area (Å²) in [6, 6.07) is 5.89. The molecule has 2 N–H and O–H groups in total. The summed E-state index contributed by atoms with van der Waals surface area (Å²) >= 11 is 6.48. The largest absolute Gasteiger partial charge is 0.471 e. The molecule has 5 rings (SSSR count). The summed E-state index contributed by atoms with van der Waals surface area (Å²) < 4.78 is 159. The first kappa shape index (κ1) is 41.5. The van der Waals surface area contributed by atoms with E-state index >= 15 is 0 Å². The molecule has 14 nitrogen and oxygen atoms in total. The molecule has 0 aliphatic heterocycles. The van der Waals surface area contributed by atoms with Crippen molar-refractivity contribution in [1.82, 2.24) is 24.3 Å². The lowest BCUT2D eigenvalue weighted by Gasteiger charge is -2.27. The molecule has 2 aromatic carbocycles. The van der Waals surface area contributed by atoms with Gasteiger partial charge in [-0.1, -0.05) is 11.6 Å². The Morgan fingerprint density at radius 3 is 2.18 bits per heavy atom. The lowest BCUT2D eigenvalue weighted by atomic mass is 10.1. The van der Waals surface area contributed by atoms with E-state index in [-0.39, 0.29) is 27.2 Å². The number of ether oxygens (including phenoxy) is 2. The number of alkyl halides is 7. The van der Waals surface area contributed by atoms with E-state index in [9.17, 15) is 62.3 Å². The Kier molecular flexibility index (Phi) is 10.7. The fourth-order valence-electron chi connectivity index (χ4n) is 5.53. The quantitative estimate of drug-likeness (QED) is 0.167. The topological polar surface area (TPSA) is 182 Å². The average Bonchev–Trinajstić information content (AvgIpc) is 3.38. The molecule has 0 aliphatic rings. The first-order valence-electron chi connectivity index (χ1n) is 15.2. The number of rotatable bonds is 11. The van der Waals surface area contributed by atoms with Gasteiger partial charge in [0.05, 0.1) is 33.3 Å². The molecule has 0 spiro atoms. The van der Waals surface area contributed by atoms with E-state index in [1.165, 1.54) is 13.1 Å². The van der Waals surface area contributed by atoms with Crippen molar-refractivity contribution in [2.75, 3.05) is 17.2 Å². The Morgan fingerprint density at radius 2 is 1.62 bits per heavy atom. The number of sulfonamides is 1. The molecular weight excluding hydrogens is 821 g/mol. The lowest BCUT2D eigenvalue weighted by molar-refractivity contribution is -0.358. The van der Waals surface area contributed by atoms with Crippen LogP contribution < -0.4 is 20.3 Å². The van der Waals surface area contributed by atoms with Gasteiger partial charge < -0.3 is 15.2 Å². The highest BCUT2D eigenvalue weighted by atomic mass is 35.5. The first-order valence-corrected chi connectivity index (χ1v) is 17.4.